The van der Waals surface area contributed by atoms with Crippen molar-refractivity contribution in [2.45, 2.75) is 0 Å². The van der Waals surface area contributed by atoms with Crippen molar-refractivity contribution in [3.63, 3.8) is 0 Å². The van der Waals surface area contributed by atoms with Crippen molar-refractivity contribution < 1.29 is 18.3 Å². The molecule has 0 bridgehead atoms. The van der Waals surface area contributed by atoms with E-state index in [1.165, 1.54) is 13.2 Å². The standard InChI is InChI=1S/C14H9F2N3O2S/c1-21-11-5-4-10-13(18-11)22-14(17-10)19-12(20)7-2-3-8(15)9(16)6-7/h2-6H,1H3,(H,17,19,20). The van der Waals surface area contributed by atoms with Crippen molar-refractivity contribution in [2.24, 2.45) is 0 Å². The van der Waals surface area contributed by atoms with Crippen molar-refractivity contribution in [2.75, 3.05) is 12.4 Å². The second-order valence-corrected chi connectivity index (χ2v) is 5.26. The molecule has 0 saturated carbocycles. The minimum atomic E-state index is -1.08. The normalized spacial score (nSPS) is 10.7. The summed E-state index contributed by atoms with van der Waals surface area (Å²) in [6.07, 6.45) is 0. The van der Waals surface area contributed by atoms with Gasteiger partial charge in [-0.25, -0.2) is 18.7 Å². The molecule has 2 aromatic heterocycles. The molecule has 0 spiro atoms. The fraction of sp³-hybridized carbons (Fsp3) is 0.0714. The van der Waals surface area contributed by atoms with Crippen molar-refractivity contribution in [3.8, 4) is 5.88 Å². The molecule has 0 unspecified atom stereocenters. The van der Waals surface area contributed by atoms with Gasteiger partial charge in [-0.2, -0.15) is 0 Å². The molecule has 22 heavy (non-hydrogen) atoms. The van der Waals surface area contributed by atoms with E-state index in [9.17, 15) is 13.6 Å². The van der Waals surface area contributed by atoms with Crippen LogP contribution < -0.4 is 10.1 Å². The zero-order valence-electron chi connectivity index (χ0n) is 11.3. The van der Waals surface area contributed by atoms with Crippen LogP contribution in [0.3, 0.4) is 0 Å². The molecule has 8 heteroatoms. The van der Waals surface area contributed by atoms with E-state index >= 15 is 0 Å². The number of ether oxygens (including phenoxy) is 1. The summed E-state index contributed by atoms with van der Waals surface area (Å²) < 4.78 is 31.0. The minimum Gasteiger partial charge on any atom is -0.481 e. The number of pyridine rings is 1. The second kappa shape index (κ2) is 5.64. The number of fused-ring (bicyclic) bond motifs is 1. The van der Waals surface area contributed by atoms with Crippen LogP contribution in [0.5, 0.6) is 5.88 Å². The van der Waals surface area contributed by atoms with Crippen LogP contribution in [-0.2, 0) is 0 Å². The van der Waals surface area contributed by atoms with Gasteiger partial charge in [0, 0.05) is 11.6 Å². The van der Waals surface area contributed by atoms with Gasteiger partial charge >= 0.3 is 0 Å². The van der Waals surface area contributed by atoms with E-state index in [1.54, 1.807) is 12.1 Å². The van der Waals surface area contributed by atoms with Gasteiger partial charge in [-0.3, -0.25) is 10.1 Å². The fourth-order valence-electron chi connectivity index (χ4n) is 1.77. The lowest BCUT2D eigenvalue weighted by Gasteiger charge is -2.01. The first kappa shape index (κ1) is 14.3. The molecule has 112 valence electrons. The average Bonchev–Trinajstić information content (AvgIpc) is 2.90. The number of rotatable bonds is 3. The summed E-state index contributed by atoms with van der Waals surface area (Å²) in [4.78, 5) is 21.0. The molecule has 0 atom stereocenters. The number of halogens is 2. The van der Waals surface area contributed by atoms with Crippen LogP contribution in [0.4, 0.5) is 13.9 Å². The van der Waals surface area contributed by atoms with Gasteiger partial charge in [0.1, 0.15) is 10.3 Å². The Kier molecular flexibility index (Phi) is 3.68. The molecule has 1 N–H and O–H groups in total. The number of nitrogens with zero attached hydrogens (tertiary/aromatic N) is 2. The maximum Gasteiger partial charge on any atom is 0.257 e. The van der Waals surface area contributed by atoms with Crippen LogP contribution in [0.2, 0.25) is 0 Å². The second-order valence-electron chi connectivity index (χ2n) is 4.28. The van der Waals surface area contributed by atoms with Crippen LogP contribution in [0.1, 0.15) is 10.4 Å². The Hall–Kier alpha value is -2.61. The highest BCUT2D eigenvalue weighted by Gasteiger charge is 2.13. The van der Waals surface area contributed by atoms with Crippen LogP contribution in [-0.4, -0.2) is 23.0 Å². The van der Waals surface area contributed by atoms with Gasteiger partial charge in [0.25, 0.3) is 5.91 Å². The van der Waals surface area contributed by atoms with E-state index in [4.69, 9.17) is 4.74 Å². The predicted molar refractivity (Wildman–Crippen MR) is 78.3 cm³/mol. The van der Waals surface area contributed by atoms with Crippen LogP contribution in [0.15, 0.2) is 30.3 Å². The van der Waals surface area contributed by atoms with Gasteiger partial charge in [-0.15, -0.1) is 0 Å². The Balaban J connectivity index is 1.85. The molecular weight excluding hydrogens is 312 g/mol. The molecule has 3 rings (SSSR count). The lowest BCUT2D eigenvalue weighted by molar-refractivity contribution is 0.102. The van der Waals surface area contributed by atoms with Gasteiger partial charge < -0.3 is 4.74 Å². The zero-order valence-corrected chi connectivity index (χ0v) is 12.1. The van der Waals surface area contributed by atoms with E-state index in [-0.39, 0.29) is 5.56 Å². The number of carbonyl (C=O) groups excluding carboxylic acids is 1. The maximum absolute atomic E-state index is 13.1. The molecule has 5 nitrogen and oxygen atoms in total. The number of hydrogen-bond donors (Lipinski definition) is 1. The van der Waals surface area contributed by atoms with Gasteiger partial charge in [0.15, 0.2) is 16.8 Å². The molecule has 0 saturated heterocycles. The number of thiazole rings is 1. The summed E-state index contributed by atoms with van der Waals surface area (Å²) in [5, 5.41) is 2.84. The van der Waals surface area contributed by atoms with Gasteiger partial charge in [-0.05, 0) is 24.3 Å². The third kappa shape index (κ3) is 2.73. The number of hydrogen-bond acceptors (Lipinski definition) is 5. The lowest BCUT2D eigenvalue weighted by Crippen LogP contribution is -2.12. The quantitative estimate of drug-likeness (QED) is 0.804. The first-order chi connectivity index (χ1) is 10.6. The third-order valence-corrected chi connectivity index (χ3v) is 3.72. The van der Waals surface area contributed by atoms with Gasteiger partial charge in [0.2, 0.25) is 5.88 Å². The van der Waals surface area contributed by atoms with Crippen molar-refractivity contribution in [1.82, 2.24) is 9.97 Å². The maximum atomic E-state index is 13.1. The molecule has 0 aliphatic heterocycles. The highest BCUT2D eigenvalue weighted by molar-refractivity contribution is 7.22. The predicted octanol–water partition coefficient (Wildman–Crippen LogP) is 3.23. The van der Waals surface area contributed by atoms with E-state index in [0.29, 0.717) is 21.4 Å². The SMILES string of the molecule is COc1ccc2nc(NC(=O)c3ccc(F)c(F)c3)sc2n1. The van der Waals surface area contributed by atoms with Crippen molar-refractivity contribution >= 4 is 32.7 Å². The van der Waals surface area contributed by atoms with Gasteiger partial charge in [0.05, 0.1) is 7.11 Å². The molecule has 1 amide bonds. The van der Waals surface area contributed by atoms with Crippen LogP contribution >= 0.6 is 11.3 Å². The molecule has 2 heterocycles. The molecular formula is C14H9F2N3O2S. The largest absolute Gasteiger partial charge is 0.481 e. The number of benzene rings is 1. The Morgan fingerprint density at radius 2 is 2.00 bits per heavy atom. The first-order valence-corrected chi connectivity index (χ1v) is 6.96. The highest BCUT2D eigenvalue weighted by Crippen LogP contribution is 2.26. The van der Waals surface area contributed by atoms with E-state index in [0.717, 1.165) is 23.5 Å². The summed E-state index contributed by atoms with van der Waals surface area (Å²) in [5.74, 6) is -2.23. The number of anilines is 1. The summed E-state index contributed by atoms with van der Waals surface area (Å²) in [5.41, 5.74) is 0.607. The Morgan fingerprint density at radius 3 is 2.73 bits per heavy atom. The van der Waals surface area contributed by atoms with Gasteiger partial charge in [-0.1, -0.05) is 11.3 Å². The fourth-order valence-corrected chi connectivity index (χ4v) is 2.60. The van der Waals surface area contributed by atoms with E-state index in [1.807, 2.05) is 0 Å². The summed E-state index contributed by atoms with van der Waals surface area (Å²) in [7, 11) is 1.50. The molecule has 0 fully saturated rings. The number of carbonyl (C=O) groups is 1. The third-order valence-electron chi connectivity index (χ3n) is 2.84. The molecule has 0 aliphatic carbocycles. The molecule has 0 radical (unpaired) electrons. The first-order valence-electron chi connectivity index (χ1n) is 6.15. The Bertz CT molecular complexity index is 866. The lowest BCUT2D eigenvalue weighted by atomic mass is 10.2. The molecule has 0 aliphatic rings. The monoisotopic (exact) mass is 321 g/mol. The minimum absolute atomic E-state index is 0.00342. The Morgan fingerprint density at radius 1 is 1.18 bits per heavy atom. The van der Waals surface area contributed by atoms with Crippen LogP contribution in [0, 0.1) is 11.6 Å². The molecule has 1 aromatic carbocycles. The van der Waals surface area contributed by atoms with Crippen molar-refractivity contribution in [1.29, 1.82) is 0 Å². The zero-order chi connectivity index (χ0) is 15.7. The topological polar surface area (TPSA) is 64.1 Å². The summed E-state index contributed by atoms with van der Waals surface area (Å²) >= 11 is 1.16. The number of methoxy groups -OCH3 is 1. The summed E-state index contributed by atoms with van der Waals surface area (Å²) in [6.45, 7) is 0. The summed E-state index contributed by atoms with van der Waals surface area (Å²) in [6, 6.07) is 6.30. The highest BCUT2D eigenvalue weighted by atomic mass is 32.1. The Labute approximate surface area is 127 Å². The van der Waals surface area contributed by atoms with E-state index < -0.39 is 17.5 Å². The number of amides is 1. The smallest absolute Gasteiger partial charge is 0.257 e. The van der Waals surface area contributed by atoms with E-state index in [2.05, 4.69) is 15.3 Å². The number of nitrogens with one attached hydrogen (secondary N) is 1. The molecule has 3 aromatic rings. The van der Waals surface area contributed by atoms with Crippen LogP contribution in [0.25, 0.3) is 10.3 Å². The van der Waals surface area contributed by atoms with Crippen molar-refractivity contribution in [3.05, 3.63) is 47.5 Å². The average molecular weight is 321 g/mol. The number of aromatic nitrogens is 2.